The number of benzene rings is 2. The maximum absolute atomic E-state index is 12.6. The SMILES string of the molecule is O=C(CNc1ccc(C(F)(F)F)cc1[N+](=O)[O-])Oc1ccccc1. The number of hydrogen-bond donors (Lipinski definition) is 1. The van der Waals surface area contributed by atoms with Crippen molar-refractivity contribution in [2.75, 3.05) is 11.9 Å². The maximum atomic E-state index is 12.6. The van der Waals surface area contributed by atoms with E-state index in [9.17, 15) is 28.1 Å². The molecule has 0 atom stereocenters. The lowest BCUT2D eigenvalue weighted by Crippen LogP contribution is -2.20. The standard InChI is InChI=1S/C15H11F3N2O4/c16-15(17,18)10-6-7-12(13(8-10)20(22)23)19-9-14(21)24-11-4-2-1-3-5-11/h1-8,19H,9H2. The lowest BCUT2D eigenvalue weighted by atomic mass is 10.1. The highest BCUT2D eigenvalue weighted by Crippen LogP contribution is 2.34. The molecule has 0 aliphatic rings. The van der Waals surface area contributed by atoms with Crippen LogP contribution in [0.4, 0.5) is 24.5 Å². The van der Waals surface area contributed by atoms with Crippen LogP contribution < -0.4 is 10.1 Å². The fraction of sp³-hybridized carbons (Fsp3) is 0.133. The highest BCUT2D eigenvalue weighted by atomic mass is 19.4. The average Bonchev–Trinajstić information content (AvgIpc) is 2.52. The number of rotatable bonds is 5. The second kappa shape index (κ2) is 6.99. The van der Waals surface area contributed by atoms with E-state index >= 15 is 0 Å². The number of halogens is 3. The molecule has 1 N–H and O–H groups in total. The van der Waals surface area contributed by atoms with Crippen LogP contribution >= 0.6 is 0 Å². The first kappa shape index (κ1) is 17.3. The Hall–Kier alpha value is -3.10. The minimum Gasteiger partial charge on any atom is -0.425 e. The highest BCUT2D eigenvalue weighted by Gasteiger charge is 2.33. The molecule has 0 fully saturated rings. The van der Waals surface area contributed by atoms with Crippen LogP contribution in [-0.4, -0.2) is 17.4 Å². The van der Waals surface area contributed by atoms with Gasteiger partial charge in [0.15, 0.2) is 0 Å². The van der Waals surface area contributed by atoms with Gasteiger partial charge in [-0.1, -0.05) is 18.2 Å². The second-order valence-corrected chi connectivity index (χ2v) is 4.63. The Morgan fingerprint density at radius 2 is 1.83 bits per heavy atom. The largest absolute Gasteiger partial charge is 0.425 e. The average molecular weight is 340 g/mol. The predicted molar refractivity (Wildman–Crippen MR) is 78.7 cm³/mol. The van der Waals surface area contributed by atoms with E-state index in [-0.39, 0.29) is 11.4 Å². The molecule has 0 aliphatic heterocycles. The van der Waals surface area contributed by atoms with Gasteiger partial charge >= 0.3 is 12.1 Å². The molecule has 0 saturated carbocycles. The maximum Gasteiger partial charge on any atom is 0.416 e. The van der Waals surface area contributed by atoms with Crippen LogP contribution in [0.5, 0.6) is 5.75 Å². The van der Waals surface area contributed by atoms with Crippen molar-refractivity contribution in [3.05, 3.63) is 64.2 Å². The van der Waals surface area contributed by atoms with Crippen LogP contribution in [0.2, 0.25) is 0 Å². The zero-order valence-corrected chi connectivity index (χ0v) is 12.0. The number of nitrogens with zero attached hydrogens (tertiary/aromatic N) is 1. The van der Waals surface area contributed by atoms with Gasteiger partial charge in [0.05, 0.1) is 10.5 Å². The fourth-order valence-corrected chi connectivity index (χ4v) is 1.83. The minimum atomic E-state index is -4.70. The number of nitro groups is 1. The summed E-state index contributed by atoms with van der Waals surface area (Å²) in [6.45, 7) is -0.443. The lowest BCUT2D eigenvalue weighted by molar-refractivity contribution is -0.384. The van der Waals surface area contributed by atoms with Crippen molar-refractivity contribution in [3.8, 4) is 5.75 Å². The van der Waals surface area contributed by atoms with Gasteiger partial charge in [-0.15, -0.1) is 0 Å². The van der Waals surface area contributed by atoms with Crippen molar-refractivity contribution in [2.24, 2.45) is 0 Å². The van der Waals surface area contributed by atoms with Crippen LogP contribution in [0.1, 0.15) is 5.56 Å². The number of nitrogens with one attached hydrogen (secondary N) is 1. The summed E-state index contributed by atoms with van der Waals surface area (Å²) in [5.74, 6) is -0.457. The van der Waals surface area contributed by atoms with E-state index in [4.69, 9.17) is 4.74 Å². The van der Waals surface area contributed by atoms with Crippen molar-refractivity contribution in [1.82, 2.24) is 0 Å². The van der Waals surface area contributed by atoms with E-state index in [0.717, 1.165) is 6.07 Å². The Bertz CT molecular complexity index is 748. The summed E-state index contributed by atoms with van der Waals surface area (Å²) in [5, 5.41) is 13.3. The molecule has 9 heteroatoms. The van der Waals surface area contributed by atoms with Gasteiger partial charge in [-0.05, 0) is 24.3 Å². The van der Waals surface area contributed by atoms with Crippen LogP contribution in [0.15, 0.2) is 48.5 Å². The van der Waals surface area contributed by atoms with E-state index in [1.54, 1.807) is 30.3 Å². The van der Waals surface area contributed by atoms with Crippen molar-refractivity contribution in [3.63, 3.8) is 0 Å². The van der Waals surface area contributed by atoms with Gasteiger partial charge in [0, 0.05) is 6.07 Å². The number of carbonyl (C=O) groups is 1. The zero-order valence-electron chi connectivity index (χ0n) is 12.0. The van der Waals surface area contributed by atoms with Crippen molar-refractivity contribution >= 4 is 17.3 Å². The van der Waals surface area contributed by atoms with Gasteiger partial charge in [0.25, 0.3) is 5.69 Å². The third kappa shape index (κ3) is 4.45. The van der Waals surface area contributed by atoms with E-state index in [2.05, 4.69) is 5.32 Å². The smallest absolute Gasteiger partial charge is 0.416 e. The Balaban J connectivity index is 2.09. The summed E-state index contributed by atoms with van der Waals surface area (Å²) < 4.78 is 42.8. The normalized spacial score (nSPS) is 11.0. The first-order valence-electron chi connectivity index (χ1n) is 6.62. The Morgan fingerprint density at radius 3 is 2.42 bits per heavy atom. The molecule has 0 heterocycles. The molecule has 0 amide bonds. The molecular formula is C15H11F3N2O4. The molecule has 24 heavy (non-hydrogen) atoms. The number of esters is 1. The topological polar surface area (TPSA) is 81.5 Å². The lowest BCUT2D eigenvalue weighted by Gasteiger charge is -2.10. The summed E-state index contributed by atoms with van der Waals surface area (Å²) in [5.41, 5.74) is -2.14. The first-order chi connectivity index (χ1) is 11.3. The van der Waals surface area contributed by atoms with Gasteiger partial charge in [0.2, 0.25) is 0 Å². The quantitative estimate of drug-likeness (QED) is 0.389. The number of para-hydroxylation sites is 1. The molecule has 0 aromatic heterocycles. The third-order valence-electron chi connectivity index (χ3n) is 2.92. The molecule has 6 nitrogen and oxygen atoms in total. The minimum absolute atomic E-state index is 0.210. The van der Waals surface area contributed by atoms with Crippen LogP contribution in [-0.2, 0) is 11.0 Å². The highest BCUT2D eigenvalue weighted by molar-refractivity contribution is 5.78. The van der Waals surface area contributed by atoms with Gasteiger partial charge < -0.3 is 10.1 Å². The fourth-order valence-electron chi connectivity index (χ4n) is 1.83. The molecule has 2 aromatic carbocycles. The van der Waals surface area contributed by atoms with Crippen LogP contribution in [0, 0.1) is 10.1 Å². The van der Waals surface area contributed by atoms with E-state index in [1.807, 2.05) is 0 Å². The van der Waals surface area contributed by atoms with Crippen molar-refractivity contribution in [2.45, 2.75) is 6.18 Å². The summed E-state index contributed by atoms with van der Waals surface area (Å²) in [6.07, 6.45) is -4.70. The summed E-state index contributed by atoms with van der Waals surface area (Å²) in [4.78, 5) is 21.6. The Morgan fingerprint density at radius 1 is 1.17 bits per heavy atom. The Labute approximate surface area is 134 Å². The summed E-state index contributed by atoms with van der Waals surface area (Å²) >= 11 is 0. The number of alkyl halides is 3. The van der Waals surface area contributed by atoms with E-state index in [1.165, 1.54) is 0 Å². The van der Waals surface area contributed by atoms with Gasteiger partial charge in [-0.25, -0.2) is 4.79 Å². The Kier molecular flexibility index (Phi) is 5.02. The zero-order chi connectivity index (χ0) is 17.7. The molecule has 0 saturated heterocycles. The third-order valence-corrected chi connectivity index (χ3v) is 2.92. The van der Waals surface area contributed by atoms with E-state index in [0.29, 0.717) is 12.1 Å². The molecule has 2 aromatic rings. The predicted octanol–water partition coefficient (Wildman–Crippen LogP) is 3.63. The van der Waals surface area contributed by atoms with Gasteiger partial charge in [-0.2, -0.15) is 13.2 Å². The summed E-state index contributed by atoms with van der Waals surface area (Å²) in [6, 6.07) is 10.1. The van der Waals surface area contributed by atoms with Crippen LogP contribution in [0.3, 0.4) is 0 Å². The molecule has 126 valence electrons. The van der Waals surface area contributed by atoms with Gasteiger partial charge in [0.1, 0.15) is 18.0 Å². The molecular weight excluding hydrogens is 329 g/mol. The number of nitro benzene ring substituents is 1. The number of ether oxygens (including phenoxy) is 1. The monoisotopic (exact) mass is 340 g/mol. The molecule has 0 spiro atoms. The second-order valence-electron chi connectivity index (χ2n) is 4.63. The number of anilines is 1. The van der Waals surface area contributed by atoms with Gasteiger partial charge in [-0.3, -0.25) is 10.1 Å². The number of carbonyl (C=O) groups excluding carboxylic acids is 1. The molecule has 0 bridgehead atoms. The molecule has 2 rings (SSSR count). The van der Waals surface area contributed by atoms with Crippen molar-refractivity contribution in [1.29, 1.82) is 0 Å². The molecule has 0 unspecified atom stereocenters. The first-order valence-corrected chi connectivity index (χ1v) is 6.62. The van der Waals surface area contributed by atoms with Crippen molar-refractivity contribution < 1.29 is 27.6 Å². The van der Waals surface area contributed by atoms with Crippen LogP contribution in [0.25, 0.3) is 0 Å². The number of hydrogen-bond acceptors (Lipinski definition) is 5. The summed E-state index contributed by atoms with van der Waals surface area (Å²) in [7, 11) is 0. The molecule has 0 radical (unpaired) electrons. The molecule has 0 aliphatic carbocycles. The van der Waals surface area contributed by atoms with E-state index < -0.39 is 34.9 Å².